The Morgan fingerprint density at radius 2 is 1.94 bits per heavy atom. The van der Waals surface area contributed by atoms with Gasteiger partial charge in [-0.25, -0.2) is 0 Å². The molecule has 2 heteroatoms. The number of aldehydes is 1. The summed E-state index contributed by atoms with van der Waals surface area (Å²) in [4.78, 5) is 11.5. The minimum Gasteiger partial charge on any atom is -0.389 e. The van der Waals surface area contributed by atoms with Crippen molar-refractivity contribution < 1.29 is 9.90 Å². The molecule has 0 aromatic heterocycles. The minimum absolute atomic E-state index is 0.189. The number of carbonyl (C=O) groups excluding carboxylic acids is 1. The number of aliphatic hydroxyl groups is 1. The lowest BCUT2D eigenvalue weighted by Gasteiger charge is -2.57. The Labute approximate surface area is 104 Å². The molecule has 2 nitrogen and oxygen atoms in total. The van der Waals surface area contributed by atoms with Gasteiger partial charge >= 0.3 is 0 Å². The van der Waals surface area contributed by atoms with Gasteiger partial charge in [0.05, 0.1) is 11.5 Å². The highest BCUT2D eigenvalue weighted by Crippen LogP contribution is 2.58. The van der Waals surface area contributed by atoms with Crippen LogP contribution in [0.5, 0.6) is 0 Å². The van der Waals surface area contributed by atoms with E-state index < -0.39 is 5.60 Å². The van der Waals surface area contributed by atoms with Crippen molar-refractivity contribution in [3.63, 3.8) is 0 Å². The summed E-state index contributed by atoms with van der Waals surface area (Å²) in [7, 11) is 0. The molecule has 4 atom stereocenters. The van der Waals surface area contributed by atoms with Gasteiger partial charge in [-0.05, 0) is 37.5 Å². The third kappa shape index (κ3) is 1.77. The molecule has 96 valence electrons. The zero-order valence-corrected chi connectivity index (χ0v) is 11.4. The van der Waals surface area contributed by atoms with Crippen LogP contribution in [-0.2, 0) is 4.79 Å². The average molecular weight is 236 g/mol. The Hall–Kier alpha value is -0.630. The average Bonchev–Trinajstić information content (AvgIpc) is 2.14. The van der Waals surface area contributed by atoms with Crippen LogP contribution >= 0.6 is 0 Å². The van der Waals surface area contributed by atoms with E-state index >= 15 is 0 Å². The van der Waals surface area contributed by atoms with Crippen LogP contribution in [0.3, 0.4) is 0 Å². The van der Waals surface area contributed by atoms with Crippen LogP contribution in [0.1, 0.15) is 47.0 Å². The van der Waals surface area contributed by atoms with Gasteiger partial charge in [0.15, 0.2) is 0 Å². The van der Waals surface area contributed by atoms with E-state index in [0.717, 1.165) is 25.5 Å². The second kappa shape index (κ2) is 3.68. The summed E-state index contributed by atoms with van der Waals surface area (Å²) in [5, 5.41) is 10.4. The van der Waals surface area contributed by atoms with Crippen molar-refractivity contribution in [3.05, 3.63) is 12.2 Å². The van der Waals surface area contributed by atoms with Crippen LogP contribution in [0.25, 0.3) is 0 Å². The largest absolute Gasteiger partial charge is 0.389 e. The first kappa shape index (κ1) is 12.8. The van der Waals surface area contributed by atoms with E-state index in [0.29, 0.717) is 5.92 Å². The first-order chi connectivity index (χ1) is 7.74. The van der Waals surface area contributed by atoms with E-state index in [-0.39, 0.29) is 16.7 Å². The molecular formula is C15H24O2. The molecule has 1 saturated carbocycles. The van der Waals surface area contributed by atoms with Crippen molar-refractivity contribution in [3.8, 4) is 0 Å². The highest BCUT2D eigenvalue weighted by atomic mass is 16.3. The molecule has 0 aliphatic heterocycles. The zero-order valence-electron chi connectivity index (χ0n) is 11.4. The van der Waals surface area contributed by atoms with Gasteiger partial charge in [0.1, 0.15) is 6.29 Å². The number of rotatable bonds is 1. The smallest absolute Gasteiger partial charge is 0.126 e. The Morgan fingerprint density at radius 3 is 2.53 bits per heavy atom. The summed E-state index contributed by atoms with van der Waals surface area (Å²) in [6, 6.07) is 0. The van der Waals surface area contributed by atoms with Crippen molar-refractivity contribution in [1.29, 1.82) is 0 Å². The molecule has 0 heterocycles. The fourth-order valence-corrected chi connectivity index (χ4v) is 4.29. The Balaban J connectivity index is 2.47. The van der Waals surface area contributed by atoms with Crippen LogP contribution in [0.2, 0.25) is 0 Å². The molecule has 0 unspecified atom stereocenters. The van der Waals surface area contributed by atoms with Gasteiger partial charge in [0, 0.05) is 5.41 Å². The standard InChI is InChI=1S/C15H24O2/c1-13(2)7-5-8-14(3)11(13)6-9-15(4,17)12(14)10-16/h5,8,10-12,17H,6-7,9H2,1-4H3/t11-,12+,14-,15+/m0/s1. The topological polar surface area (TPSA) is 37.3 Å². The SMILES string of the molecule is CC1(C)CC=C[C@]2(C)[C@@H](C=O)[C@](C)(O)CC[C@@H]12. The molecule has 0 amide bonds. The van der Waals surface area contributed by atoms with Crippen molar-refractivity contribution in [2.45, 2.75) is 52.6 Å². The maximum Gasteiger partial charge on any atom is 0.126 e. The van der Waals surface area contributed by atoms with Gasteiger partial charge in [-0.15, -0.1) is 0 Å². The van der Waals surface area contributed by atoms with Crippen LogP contribution in [0.4, 0.5) is 0 Å². The third-order valence-electron chi connectivity index (χ3n) is 5.23. The maximum atomic E-state index is 11.5. The molecule has 17 heavy (non-hydrogen) atoms. The van der Waals surface area contributed by atoms with E-state index in [1.807, 2.05) is 6.92 Å². The van der Waals surface area contributed by atoms with Crippen LogP contribution in [0, 0.1) is 22.7 Å². The van der Waals surface area contributed by atoms with Crippen LogP contribution in [-0.4, -0.2) is 17.0 Å². The van der Waals surface area contributed by atoms with Crippen molar-refractivity contribution in [2.75, 3.05) is 0 Å². The van der Waals surface area contributed by atoms with Crippen LogP contribution < -0.4 is 0 Å². The predicted molar refractivity (Wildman–Crippen MR) is 68.5 cm³/mol. The molecule has 1 N–H and O–H groups in total. The highest BCUT2D eigenvalue weighted by molar-refractivity contribution is 5.59. The molecule has 2 aliphatic rings. The zero-order chi connectivity index (χ0) is 12.9. The number of allylic oxidation sites excluding steroid dienone is 2. The van der Waals surface area contributed by atoms with Crippen molar-refractivity contribution in [2.24, 2.45) is 22.7 Å². The normalized spacial score (nSPS) is 48.5. The Kier molecular flexibility index (Phi) is 2.77. The molecule has 0 aromatic carbocycles. The highest BCUT2D eigenvalue weighted by Gasteiger charge is 2.56. The van der Waals surface area contributed by atoms with Gasteiger partial charge in [-0.3, -0.25) is 0 Å². The van der Waals surface area contributed by atoms with Gasteiger partial charge in [0.2, 0.25) is 0 Å². The summed E-state index contributed by atoms with van der Waals surface area (Å²) in [5.41, 5.74) is -0.822. The second-order valence-corrected chi connectivity index (χ2v) is 7.02. The van der Waals surface area contributed by atoms with E-state index in [9.17, 15) is 9.90 Å². The minimum atomic E-state index is -0.856. The van der Waals surface area contributed by atoms with Gasteiger partial charge in [-0.1, -0.05) is 32.9 Å². The maximum absolute atomic E-state index is 11.5. The lowest BCUT2D eigenvalue weighted by Crippen LogP contribution is -2.56. The first-order valence-electron chi connectivity index (χ1n) is 6.59. The number of fused-ring (bicyclic) bond motifs is 1. The van der Waals surface area contributed by atoms with Crippen molar-refractivity contribution in [1.82, 2.24) is 0 Å². The summed E-state index contributed by atoms with van der Waals surface area (Å²) < 4.78 is 0. The molecule has 0 radical (unpaired) electrons. The van der Waals surface area contributed by atoms with Crippen molar-refractivity contribution >= 4 is 6.29 Å². The summed E-state index contributed by atoms with van der Waals surface area (Å²) in [6.45, 7) is 8.51. The molecular weight excluding hydrogens is 212 g/mol. The Morgan fingerprint density at radius 1 is 1.29 bits per heavy atom. The quantitative estimate of drug-likeness (QED) is 0.561. The molecule has 0 spiro atoms. The van der Waals surface area contributed by atoms with Crippen LogP contribution in [0.15, 0.2) is 12.2 Å². The fourth-order valence-electron chi connectivity index (χ4n) is 4.29. The Bertz CT molecular complexity index is 354. The van der Waals surface area contributed by atoms with E-state index in [2.05, 4.69) is 32.9 Å². The monoisotopic (exact) mass is 236 g/mol. The molecule has 0 aromatic rings. The van der Waals surface area contributed by atoms with E-state index in [1.54, 1.807) is 0 Å². The van der Waals surface area contributed by atoms with E-state index in [1.165, 1.54) is 0 Å². The molecule has 0 bridgehead atoms. The lowest BCUT2D eigenvalue weighted by atomic mass is 9.48. The summed E-state index contributed by atoms with van der Waals surface area (Å²) in [6.07, 6.45) is 8.14. The van der Waals surface area contributed by atoms with Gasteiger partial charge in [-0.2, -0.15) is 0 Å². The summed E-state index contributed by atoms with van der Waals surface area (Å²) >= 11 is 0. The summed E-state index contributed by atoms with van der Waals surface area (Å²) in [5.74, 6) is 0.194. The number of hydrogen-bond donors (Lipinski definition) is 1. The predicted octanol–water partition coefficient (Wildman–Crippen LogP) is 2.95. The van der Waals surface area contributed by atoms with E-state index in [4.69, 9.17) is 0 Å². The van der Waals surface area contributed by atoms with Gasteiger partial charge in [0.25, 0.3) is 0 Å². The lowest BCUT2D eigenvalue weighted by molar-refractivity contribution is -0.148. The van der Waals surface area contributed by atoms with Gasteiger partial charge < -0.3 is 9.90 Å². The molecule has 1 fully saturated rings. The number of hydrogen-bond acceptors (Lipinski definition) is 2. The number of carbonyl (C=O) groups is 1. The fraction of sp³-hybridized carbons (Fsp3) is 0.800. The molecule has 2 aliphatic carbocycles. The third-order valence-corrected chi connectivity index (χ3v) is 5.23. The second-order valence-electron chi connectivity index (χ2n) is 7.02. The molecule has 0 saturated heterocycles. The first-order valence-corrected chi connectivity index (χ1v) is 6.59. The molecule has 2 rings (SSSR count).